The molecule has 0 aliphatic carbocycles. The van der Waals surface area contributed by atoms with E-state index in [0.717, 1.165) is 0 Å². The Kier molecular flexibility index (Phi) is 7.53. The number of aryl methyl sites for hydroxylation is 1. The normalized spacial score (nSPS) is 11.5. The first-order valence-electron chi connectivity index (χ1n) is 10.9. The number of sulfonamides is 2. The number of carbonyl (C=O) groups excluding carboxylic acids is 1. The summed E-state index contributed by atoms with van der Waals surface area (Å²) in [6, 6.07) is 24.7. The fourth-order valence-corrected chi connectivity index (χ4v) is 6.00. The van der Waals surface area contributed by atoms with Crippen LogP contribution in [0.2, 0.25) is 5.02 Å². The molecule has 0 spiro atoms. The lowest BCUT2D eigenvalue weighted by atomic mass is 10.1. The van der Waals surface area contributed by atoms with Gasteiger partial charge < -0.3 is 5.32 Å². The van der Waals surface area contributed by atoms with Gasteiger partial charge >= 0.3 is 0 Å². The van der Waals surface area contributed by atoms with E-state index in [1.165, 1.54) is 42.5 Å². The number of benzene rings is 4. The quantitative estimate of drug-likeness (QED) is 0.265. The molecule has 0 bridgehead atoms. The Bertz CT molecular complexity index is 1660. The molecule has 4 rings (SSSR count). The predicted octanol–water partition coefficient (Wildman–Crippen LogP) is 5.50. The zero-order valence-corrected chi connectivity index (χ0v) is 21.9. The Hall–Kier alpha value is -3.86. The van der Waals surface area contributed by atoms with Crippen LogP contribution in [0.15, 0.2) is 107 Å². The summed E-state index contributed by atoms with van der Waals surface area (Å²) in [6.07, 6.45) is 0. The number of anilines is 3. The lowest BCUT2D eigenvalue weighted by molar-refractivity contribution is 0.102. The van der Waals surface area contributed by atoms with E-state index in [2.05, 4.69) is 14.8 Å². The van der Waals surface area contributed by atoms with Crippen molar-refractivity contribution in [3.05, 3.63) is 113 Å². The summed E-state index contributed by atoms with van der Waals surface area (Å²) in [5.74, 6) is -0.552. The van der Waals surface area contributed by atoms with Gasteiger partial charge in [0.1, 0.15) is 0 Å². The summed E-state index contributed by atoms with van der Waals surface area (Å²) in [5.41, 5.74) is 1.65. The van der Waals surface area contributed by atoms with Gasteiger partial charge in [-0.1, -0.05) is 41.9 Å². The second-order valence-corrected chi connectivity index (χ2v) is 11.8. The van der Waals surface area contributed by atoms with Crippen molar-refractivity contribution in [3.63, 3.8) is 0 Å². The number of hydrogen-bond donors (Lipinski definition) is 3. The van der Waals surface area contributed by atoms with Gasteiger partial charge in [-0.2, -0.15) is 0 Å². The first-order valence-corrected chi connectivity index (χ1v) is 14.3. The number of para-hydroxylation sites is 1. The molecule has 0 aliphatic rings. The number of rotatable bonds is 8. The molecule has 11 heteroatoms. The highest BCUT2D eigenvalue weighted by molar-refractivity contribution is 7.93. The highest BCUT2D eigenvalue weighted by Gasteiger charge is 2.20. The van der Waals surface area contributed by atoms with Crippen LogP contribution in [0, 0.1) is 6.92 Å². The highest BCUT2D eigenvalue weighted by atomic mass is 35.5. The standard InChI is InChI=1S/C26H22ClN3O5S2/c1-18-10-11-19(16-25(18)37(34,35)29-22-7-3-2-4-8-22)26(31)28-21-12-14-24(15-13-21)36(32,33)30-23-9-5-6-20(27)17-23/h2-17,29-30H,1H3,(H,28,31). The van der Waals surface area contributed by atoms with Crippen molar-refractivity contribution < 1.29 is 21.6 Å². The van der Waals surface area contributed by atoms with Crippen LogP contribution in [0.3, 0.4) is 0 Å². The molecule has 3 N–H and O–H groups in total. The Labute approximate surface area is 220 Å². The smallest absolute Gasteiger partial charge is 0.262 e. The minimum absolute atomic E-state index is 0.0128. The van der Waals surface area contributed by atoms with E-state index in [-0.39, 0.29) is 15.4 Å². The Morgan fingerprint density at radius 2 is 1.32 bits per heavy atom. The molecule has 0 heterocycles. The Balaban J connectivity index is 1.49. The third kappa shape index (κ3) is 6.48. The number of hydrogen-bond acceptors (Lipinski definition) is 5. The minimum atomic E-state index is -3.94. The van der Waals surface area contributed by atoms with Crippen molar-refractivity contribution in [2.75, 3.05) is 14.8 Å². The molecule has 1 amide bonds. The predicted molar refractivity (Wildman–Crippen MR) is 145 cm³/mol. The van der Waals surface area contributed by atoms with E-state index < -0.39 is 26.0 Å². The van der Waals surface area contributed by atoms with Crippen LogP contribution in [0.4, 0.5) is 17.1 Å². The van der Waals surface area contributed by atoms with Gasteiger partial charge in [-0.15, -0.1) is 0 Å². The van der Waals surface area contributed by atoms with Gasteiger partial charge in [-0.3, -0.25) is 14.2 Å². The van der Waals surface area contributed by atoms with Gasteiger partial charge in [0.2, 0.25) is 0 Å². The van der Waals surface area contributed by atoms with Gasteiger partial charge in [-0.25, -0.2) is 16.8 Å². The van der Waals surface area contributed by atoms with Gasteiger partial charge in [0.05, 0.1) is 15.5 Å². The molecule has 37 heavy (non-hydrogen) atoms. The number of amides is 1. The van der Waals surface area contributed by atoms with Crippen LogP contribution >= 0.6 is 11.6 Å². The molecule has 0 unspecified atom stereocenters. The third-order valence-corrected chi connectivity index (χ3v) is 8.42. The fraction of sp³-hybridized carbons (Fsp3) is 0.0385. The SMILES string of the molecule is Cc1ccc(C(=O)Nc2ccc(S(=O)(=O)Nc3cccc(Cl)c3)cc2)cc1S(=O)(=O)Nc1ccccc1. The van der Waals surface area contributed by atoms with Gasteiger partial charge in [0.15, 0.2) is 0 Å². The van der Waals surface area contributed by atoms with Crippen LogP contribution < -0.4 is 14.8 Å². The van der Waals surface area contributed by atoms with Crippen molar-refractivity contribution >= 4 is 54.6 Å². The number of carbonyl (C=O) groups is 1. The minimum Gasteiger partial charge on any atom is -0.322 e. The summed E-state index contributed by atoms with van der Waals surface area (Å²) in [4.78, 5) is 12.8. The number of nitrogens with one attached hydrogen (secondary N) is 3. The van der Waals surface area contributed by atoms with E-state index >= 15 is 0 Å². The average molecular weight is 556 g/mol. The maximum Gasteiger partial charge on any atom is 0.262 e. The maximum atomic E-state index is 12.9. The summed E-state index contributed by atoms with van der Waals surface area (Å²) in [7, 11) is -7.81. The summed E-state index contributed by atoms with van der Waals surface area (Å²) >= 11 is 5.91. The molecule has 0 aromatic heterocycles. The summed E-state index contributed by atoms with van der Waals surface area (Å²) < 4.78 is 56.1. The fourth-order valence-electron chi connectivity index (χ4n) is 3.43. The molecule has 4 aromatic rings. The van der Waals surface area contributed by atoms with Crippen molar-refractivity contribution in [2.24, 2.45) is 0 Å². The first kappa shape index (κ1) is 26.2. The zero-order valence-electron chi connectivity index (χ0n) is 19.5. The van der Waals surface area contributed by atoms with Crippen LogP contribution in [0.25, 0.3) is 0 Å². The number of halogens is 1. The van der Waals surface area contributed by atoms with Crippen molar-refractivity contribution in [3.8, 4) is 0 Å². The molecule has 0 saturated heterocycles. The van der Waals surface area contributed by atoms with E-state index in [0.29, 0.717) is 27.6 Å². The average Bonchev–Trinajstić information content (AvgIpc) is 2.84. The van der Waals surface area contributed by atoms with Crippen molar-refractivity contribution in [1.82, 2.24) is 0 Å². The molecule has 4 aromatic carbocycles. The molecule has 0 aliphatic heterocycles. The molecule has 0 radical (unpaired) electrons. The second kappa shape index (κ2) is 10.6. The molecule has 8 nitrogen and oxygen atoms in total. The molecule has 0 atom stereocenters. The van der Waals surface area contributed by atoms with Gasteiger partial charge in [0.25, 0.3) is 26.0 Å². The summed E-state index contributed by atoms with van der Waals surface area (Å²) in [6.45, 7) is 1.64. The Morgan fingerprint density at radius 1 is 0.676 bits per heavy atom. The van der Waals surface area contributed by atoms with E-state index in [1.54, 1.807) is 61.5 Å². The molecular formula is C26H22ClN3O5S2. The van der Waals surface area contributed by atoms with Crippen molar-refractivity contribution in [2.45, 2.75) is 16.7 Å². The third-order valence-electron chi connectivity index (χ3n) is 5.27. The summed E-state index contributed by atoms with van der Waals surface area (Å²) in [5, 5.41) is 3.04. The second-order valence-electron chi connectivity index (χ2n) is 8.05. The van der Waals surface area contributed by atoms with Crippen molar-refractivity contribution in [1.29, 1.82) is 0 Å². The lowest BCUT2D eigenvalue weighted by Crippen LogP contribution is -2.17. The van der Waals surface area contributed by atoms with E-state index in [9.17, 15) is 21.6 Å². The van der Waals surface area contributed by atoms with Crippen LogP contribution in [-0.2, 0) is 20.0 Å². The first-order chi connectivity index (χ1) is 17.5. The lowest BCUT2D eigenvalue weighted by Gasteiger charge is -2.13. The van der Waals surface area contributed by atoms with Crippen LogP contribution in [0.1, 0.15) is 15.9 Å². The largest absolute Gasteiger partial charge is 0.322 e. The molecular weight excluding hydrogens is 534 g/mol. The molecule has 0 fully saturated rings. The molecule has 190 valence electrons. The maximum absolute atomic E-state index is 12.9. The zero-order chi connectivity index (χ0) is 26.6. The topological polar surface area (TPSA) is 121 Å². The molecule has 0 saturated carbocycles. The van der Waals surface area contributed by atoms with Gasteiger partial charge in [-0.05, 0) is 79.2 Å². The monoisotopic (exact) mass is 555 g/mol. The van der Waals surface area contributed by atoms with Gasteiger partial charge in [0, 0.05) is 22.0 Å². The van der Waals surface area contributed by atoms with Crippen LogP contribution in [-0.4, -0.2) is 22.7 Å². The Morgan fingerprint density at radius 3 is 2.00 bits per heavy atom. The van der Waals surface area contributed by atoms with E-state index in [1.807, 2.05) is 0 Å². The van der Waals surface area contributed by atoms with E-state index in [4.69, 9.17) is 11.6 Å². The highest BCUT2D eigenvalue weighted by Crippen LogP contribution is 2.23. The van der Waals surface area contributed by atoms with Crippen LogP contribution in [0.5, 0.6) is 0 Å².